The Morgan fingerprint density at radius 3 is 2.71 bits per heavy atom. The van der Waals surface area contributed by atoms with Crippen molar-refractivity contribution in [1.29, 1.82) is 0 Å². The molecular formula is C32H39F2N5O2. The average molecular weight is 564 g/mol. The van der Waals surface area contributed by atoms with E-state index in [0.29, 0.717) is 30.8 Å². The van der Waals surface area contributed by atoms with Crippen LogP contribution in [0.2, 0.25) is 0 Å². The standard InChI is InChI=1S/C32H39F2N5O2/c1-19(2)37(3)31(40)25-15-21(33)6-9-28(25)39-18-26(23-10-12-35-17-29(23)39)20-5-4-13-38(14-11-20)32(41)30-24-8-7-22(36-30)16-27(24)34/h6,9-10,12,15,17-20,22,24,27,30,36H,4-5,7-8,11,13-14,16H2,1-3H3/t20?,22-,24+,27+,30-/m0/s1. The number of hydrogen-bond donors (Lipinski definition) is 1. The third-order valence-corrected chi connectivity index (χ3v) is 9.59. The first-order chi connectivity index (χ1) is 19.7. The summed E-state index contributed by atoms with van der Waals surface area (Å²) >= 11 is 0. The number of alkyl halides is 1. The molecule has 1 aliphatic carbocycles. The summed E-state index contributed by atoms with van der Waals surface area (Å²) in [5.41, 5.74) is 2.89. The molecule has 7 nitrogen and oxygen atoms in total. The van der Waals surface area contributed by atoms with Crippen LogP contribution in [0, 0.1) is 11.7 Å². The first-order valence-electron chi connectivity index (χ1n) is 14.9. The zero-order chi connectivity index (χ0) is 28.8. The van der Waals surface area contributed by atoms with Gasteiger partial charge in [-0.2, -0.15) is 0 Å². The monoisotopic (exact) mass is 563 g/mol. The molecule has 2 aromatic heterocycles. The SMILES string of the molecule is CC(C)N(C)C(=O)c1cc(F)ccc1-n1cc(C2CCCN(C(=O)[C@H]3N[C@H]4CC[C@@H]3[C@H](F)C4)CC2)c2ccncc21. The van der Waals surface area contributed by atoms with Gasteiger partial charge in [-0.15, -0.1) is 0 Å². The van der Waals surface area contributed by atoms with Crippen molar-refractivity contribution in [2.75, 3.05) is 20.1 Å². The average Bonchev–Trinajstić information content (AvgIpc) is 3.18. The lowest BCUT2D eigenvalue weighted by atomic mass is 9.74. The number of piperidine rings is 2. The number of fused-ring (bicyclic) bond motifs is 4. The molecule has 3 aliphatic heterocycles. The summed E-state index contributed by atoms with van der Waals surface area (Å²) in [6.07, 6.45) is 9.51. The first kappa shape index (κ1) is 27.8. The number of nitrogens with zero attached hydrogens (tertiary/aromatic N) is 4. The Hall–Kier alpha value is -3.33. The van der Waals surface area contributed by atoms with Crippen molar-refractivity contribution in [2.45, 2.75) is 82.6 Å². The van der Waals surface area contributed by atoms with Gasteiger partial charge in [-0.05, 0) is 88.1 Å². The minimum atomic E-state index is -0.896. The van der Waals surface area contributed by atoms with Crippen LogP contribution in [-0.2, 0) is 4.79 Å². The number of benzene rings is 1. The Morgan fingerprint density at radius 1 is 1.12 bits per heavy atom. The number of rotatable bonds is 5. The molecule has 4 fully saturated rings. The van der Waals surface area contributed by atoms with Gasteiger partial charge in [-0.25, -0.2) is 8.78 Å². The van der Waals surface area contributed by atoms with Crippen LogP contribution in [0.1, 0.15) is 74.2 Å². The van der Waals surface area contributed by atoms with E-state index in [0.717, 1.165) is 48.6 Å². The predicted octanol–water partition coefficient (Wildman–Crippen LogP) is 5.22. The molecule has 1 unspecified atom stereocenters. The number of carbonyl (C=O) groups is 2. The minimum Gasteiger partial charge on any atom is -0.341 e. The topological polar surface area (TPSA) is 70.5 Å². The fourth-order valence-corrected chi connectivity index (χ4v) is 7.06. The lowest BCUT2D eigenvalue weighted by Crippen LogP contribution is -2.62. The Labute approximate surface area is 239 Å². The normalized spacial score (nSPS) is 26.4. The summed E-state index contributed by atoms with van der Waals surface area (Å²) in [6, 6.07) is 5.98. The summed E-state index contributed by atoms with van der Waals surface area (Å²) in [6.45, 7) is 5.14. The van der Waals surface area contributed by atoms with Crippen molar-refractivity contribution >= 4 is 22.7 Å². The second kappa shape index (κ2) is 11.2. The third-order valence-electron chi connectivity index (χ3n) is 9.59. The van der Waals surface area contributed by atoms with Crippen LogP contribution in [0.4, 0.5) is 8.78 Å². The van der Waals surface area contributed by atoms with Crippen LogP contribution in [0.3, 0.4) is 0 Å². The van der Waals surface area contributed by atoms with Crippen LogP contribution in [-0.4, -0.2) is 75.6 Å². The highest BCUT2D eigenvalue weighted by molar-refractivity contribution is 5.99. The van der Waals surface area contributed by atoms with Crippen molar-refractivity contribution in [3.8, 4) is 5.69 Å². The summed E-state index contributed by atoms with van der Waals surface area (Å²) in [4.78, 5) is 34.8. The van der Waals surface area contributed by atoms with Gasteiger partial charge in [0.2, 0.25) is 5.91 Å². The molecule has 1 N–H and O–H groups in total. The molecule has 2 bridgehead atoms. The Bertz CT molecular complexity index is 1460. The van der Waals surface area contributed by atoms with E-state index in [-0.39, 0.29) is 35.7 Å². The molecule has 218 valence electrons. The van der Waals surface area contributed by atoms with Gasteiger partial charge in [-0.1, -0.05) is 0 Å². The molecule has 9 heteroatoms. The lowest BCUT2D eigenvalue weighted by Gasteiger charge is -2.46. The van der Waals surface area contributed by atoms with Crippen molar-refractivity contribution in [1.82, 2.24) is 24.7 Å². The molecule has 3 aromatic rings. The number of hydrogen-bond acceptors (Lipinski definition) is 4. The maximum atomic E-state index is 14.6. The van der Waals surface area contributed by atoms with E-state index in [1.807, 2.05) is 29.4 Å². The van der Waals surface area contributed by atoms with Crippen LogP contribution in [0.25, 0.3) is 16.6 Å². The van der Waals surface area contributed by atoms with E-state index in [4.69, 9.17) is 0 Å². The highest BCUT2D eigenvalue weighted by Crippen LogP contribution is 2.39. The van der Waals surface area contributed by atoms with Crippen molar-refractivity contribution in [2.24, 2.45) is 5.92 Å². The Kier molecular flexibility index (Phi) is 7.57. The molecule has 0 spiro atoms. The zero-order valence-electron chi connectivity index (χ0n) is 24.0. The van der Waals surface area contributed by atoms with Crippen molar-refractivity contribution in [3.05, 3.63) is 59.8 Å². The van der Waals surface area contributed by atoms with Crippen LogP contribution < -0.4 is 5.32 Å². The molecular weight excluding hydrogens is 524 g/mol. The van der Waals surface area contributed by atoms with Gasteiger partial charge in [-0.3, -0.25) is 14.6 Å². The molecule has 1 saturated carbocycles. The molecule has 5 heterocycles. The second-order valence-corrected chi connectivity index (χ2v) is 12.3. The smallest absolute Gasteiger partial charge is 0.256 e. The molecule has 7 rings (SSSR count). The number of likely N-dealkylation sites (tertiary alicyclic amines) is 1. The van der Waals surface area contributed by atoms with Crippen LogP contribution in [0.5, 0.6) is 0 Å². The first-order valence-corrected chi connectivity index (χ1v) is 14.9. The van der Waals surface area contributed by atoms with Crippen molar-refractivity contribution < 1.29 is 18.4 Å². The van der Waals surface area contributed by atoms with Gasteiger partial charge in [0.25, 0.3) is 5.91 Å². The van der Waals surface area contributed by atoms with Gasteiger partial charge in [0.15, 0.2) is 0 Å². The third kappa shape index (κ3) is 5.13. The maximum Gasteiger partial charge on any atom is 0.256 e. The van der Waals surface area contributed by atoms with Crippen molar-refractivity contribution in [3.63, 3.8) is 0 Å². The van der Waals surface area contributed by atoms with E-state index in [9.17, 15) is 18.4 Å². The summed E-state index contributed by atoms with van der Waals surface area (Å²) in [5, 5.41) is 4.46. The molecule has 3 saturated heterocycles. The number of halogens is 2. The number of pyridine rings is 1. The molecule has 1 aromatic carbocycles. The Morgan fingerprint density at radius 2 is 1.95 bits per heavy atom. The van der Waals surface area contributed by atoms with E-state index in [1.54, 1.807) is 30.4 Å². The van der Waals surface area contributed by atoms with E-state index in [2.05, 4.69) is 16.5 Å². The van der Waals surface area contributed by atoms with Gasteiger partial charge in [0, 0.05) is 55.9 Å². The Balaban J connectivity index is 1.29. The molecule has 5 atom stereocenters. The van der Waals surface area contributed by atoms with E-state index >= 15 is 0 Å². The number of amides is 2. The van der Waals surface area contributed by atoms with Gasteiger partial charge < -0.3 is 19.7 Å². The number of nitrogens with one attached hydrogen (secondary N) is 1. The highest BCUT2D eigenvalue weighted by atomic mass is 19.1. The lowest BCUT2D eigenvalue weighted by molar-refractivity contribution is -0.139. The molecule has 2 amide bonds. The maximum absolute atomic E-state index is 14.6. The van der Waals surface area contributed by atoms with E-state index < -0.39 is 18.0 Å². The van der Waals surface area contributed by atoms with Crippen LogP contribution >= 0.6 is 0 Å². The fourth-order valence-electron chi connectivity index (χ4n) is 7.06. The fraction of sp³-hybridized carbons (Fsp3) is 0.531. The second-order valence-electron chi connectivity index (χ2n) is 12.3. The molecule has 4 aliphatic rings. The zero-order valence-corrected chi connectivity index (χ0v) is 24.0. The quantitative estimate of drug-likeness (QED) is 0.462. The molecule has 41 heavy (non-hydrogen) atoms. The summed E-state index contributed by atoms with van der Waals surface area (Å²) in [5.74, 6) is -0.692. The number of aromatic nitrogens is 2. The summed E-state index contributed by atoms with van der Waals surface area (Å²) in [7, 11) is 1.72. The van der Waals surface area contributed by atoms with Gasteiger partial charge in [0.1, 0.15) is 12.0 Å². The van der Waals surface area contributed by atoms with Crippen LogP contribution in [0.15, 0.2) is 42.9 Å². The minimum absolute atomic E-state index is 0.0383. The van der Waals surface area contributed by atoms with Gasteiger partial charge >= 0.3 is 0 Å². The largest absolute Gasteiger partial charge is 0.341 e. The summed E-state index contributed by atoms with van der Waals surface area (Å²) < 4.78 is 31.0. The highest BCUT2D eigenvalue weighted by Gasteiger charge is 2.46. The van der Waals surface area contributed by atoms with E-state index in [1.165, 1.54) is 12.1 Å². The predicted molar refractivity (Wildman–Crippen MR) is 154 cm³/mol. The molecule has 0 radical (unpaired) electrons. The van der Waals surface area contributed by atoms with Gasteiger partial charge in [0.05, 0.1) is 29.0 Å². The number of carbonyl (C=O) groups excluding carboxylic acids is 2.